The Balaban J connectivity index is 1.53. The van der Waals surface area contributed by atoms with Crippen molar-refractivity contribution in [3.8, 4) is 5.75 Å². The number of rotatable bonds is 5. The second-order valence-electron chi connectivity index (χ2n) is 9.78. The molecule has 5 rings (SSSR count). The minimum Gasteiger partial charge on any atom is -0.449 e. The highest BCUT2D eigenvalue weighted by molar-refractivity contribution is 6.35. The molecule has 3 aromatic rings. The molecule has 37 heavy (non-hydrogen) atoms. The smallest absolute Gasteiger partial charge is 0.449 e. The van der Waals surface area contributed by atoms with Gasteiger partial charge in [0.1, 0.15) is 11.8 Å². The van der Waals surface area contributed by atoms with E-state index < -0.39 is 6.16 Å². The van der Waals surface area contributed by atoms with E-state index in [1.165, 1.54) is 0 Å². The largest absolute Gasteiger partial charge is 0.511 e. The number of carbonyl (C=O) groups is 2. The van der Waals surface area contributed by atoms with Crippen LogP contribution in [0.1, 0.15) is 46.8 Å². The standard InChI is InChI=1S/C28H27Cl2N3O4/c1-33(27(34)24-16-19(29)4-6-25(24)30,21-10-14-32(15-11-21)20-8-12-31-13-9-20)26-7-3-18-2-5-22(17-23(18)26)37-28(35)36/h2,4-6,8-9,12-13,16-17,21,26H,3,7,10-11,14-15H2,1H3/p+1. The molecule has 2 heterocycles. The monoisotopic (exact) mass is 540 g/mol. The Hall–Kier alpha value is -3.13. The number of hydrogen-bond acceptors (Lipinski definition) is 5. The van der Waals surface area contributed by atoms with E-state index in [2.05, 4.69) is 9.88 Å². The molecule has 2 unspecified atom stereocenters. The molecule has 7 nitrogen and oxygen atoms in total. The molecule has 0 spiro atoms. The molecular weight excluding hydrogens is 513 g/mol. The maximum absolute atomic E-state index is 14.4. The topological polar surface area (TPSA) is 79.7 Å². The average Bonchev–Trinajstić information content (AvgIpc) is 3.33. The summed E-state index contributed by atoms with van der Waals surface area (Å²) in [7, 11) is 2.00. The van der Waals surface area contributed by atoms with Gasteiger partial charge in [0, 0.05) is 61.0 Å². The van der Waals surface area contributed by atoms with E-state index in [9.17, 15) is 9.59 Å². The molecule has 2 atom stereocenters. The van der Waals surface area contributed by atoms with Crippen LogP contribution >= 0.6 is 23.2 Å². The Kier molecular flexibility index (Phi) is 7.12. The van der Waals surface area contributed by atoms with E-state index in [-0.39, 0.29) is 28.2 Å². The third-order valence-corrected chi connectivity index (χ3v) is 8.43. The number of amides is 1. The summed E-state index contributed by atoms with van der Waals surface area (Å²) in [6, 6.07) is 14.2. The van der Waals surface area contributed by atoms with Gasteiger partial charge in [-0.2, -0.15) is 0 Å². The summed E-state index contributed by atoms with van der Waals surface area (Å²) in [5.41, 5.74) is 3.57. The first-order chi connectivity index (χ1) is 17.8. The molecule has 1 aliphatic heterocycles. The van der Waals surface area contributed by atoms with Crippen molar-refractivity contribution in [1.29, 1.82) is 0 Å². The van der Waals surface area contributed by atoms with Crippen LogP contribution in [0.5, 0.6) is 5.75 Å². The predicted molar refractivity (Wildman–Crippen MR) is 143 cm³/mol. The molecule has 2 aromatic carbocycles. The molecule has 1 N–H and O–H groups in total. The van der Waals surface area contributed by atoms with Crippen LogP contribution < -0.4 is 9.64 Å². The van der Waals surface area contributed by atoms with Gasteiger partial charge in [0.15, 0.2) is 0 Å². The zero-order valence-corrected chi connectivity index (χ0v) is 22.0. The van der Waals surface area contributed by atoms with Crippen LogP contribution in [0.15, 0.2) is 60.9 Å². The van der Waals surface area contributed by atoms with E-state index in [4.69, 9.17) is 33.0 Å². The van der Waals surface area contributed by atoms with Crippen molar-refractivity contribution in [3.05, 3.63) is 87.7 Å². The molecule has 1 aliphatic carbocycles. The molecular formula is C28H28Cl2N3O4+. The van der Waals surface area contributed by atoms with Gasteiger partial charge in [-0.15, -0.1) is 0 Å². The fraction of sp³-hybridized carbons (Fsp3) is 0.321. The van der Waals surface area contributed by atoms with Gasteiger partial charge < -0.3 is 14.7 Å². The quantitative estimate of drug-likeness (QED) is 0.229. The molecule has 1 fully saturated rings. The lowest BCUT2D eigenvalue weighted by molar-refractivity contribution is -0.887. The normalized spacial score (nSPS) is 19.2. The van der Waals surface area contributed by atoms with Gasteiger partial charge in [-0.05, 0) is 54.4 Å². The lowest BCUT2D eigenvalue weighted by Gasteiger charge is -2.47. The highest BCUT2D eigenvalue weighted by Gasteiger charge is 2.51. The van der Waals surface area contributed by atoms with Crippen LogP contribution in [-0.2, 0) is 6.42 Å². The van der Waals surface area contributed by atoms with E-state index in [1.54, 1.807) is 42.7 Å². The number of ether oxygens (including phenoxy) is 1. The van der Waals surface area contributed by atoms with Crippen molar-refractivity contribution < 1.29 is 23.9 Å². The zero-order valence-electron chi connectivity index (χ0n) is 20.4. The number of fused-ring (bicyclic) bond motifs is 1. The van der Waals surface area contributed by atoms with Gasteiger partial charge in [0.2, 0.25) is 0 Å². The van der Waals surface area contributed by atoms with Gasteiger partial charge in [-0.25, -0.2) is 14.1 Å². The third-order valence-electron chi connectivity index (χ3n) is 7.86. The number of carboxylic acid groups (broad SMARTS) is 1. The number of pyridine rings is 1. The third kappa shape index (κ3) is 4.91. The number of quaternary nitrogens is 1. The Bertz CT molecular complexity index is 1330. The van der Waals surface area contributed by atoms with E-state index in [0.29, 0.717) is 15.6 Å². The Morgan fingerprint density at radius 3 is 2.46 bits per heavy atom. The van der Waals surface area contributed by atoms with Gasteiger partial charge >= 0.3 is 12.1 Å². The van der Waals surface area contributed by atoms with Crippen molar-refractivity contribution in [2.75, 3.05) is 25.0 Å². The molecule has 1 amide bonds. The van der Waals surface area contributed by atoms with Gasteiger partial charge in [0.25, 0.3) is 0 Å². The number of aromatic nitrogens is 1. The molecule has 0 saturated carbocycles. The van der Waals surface area contributed by atoms with Crippen LogP contribution in [0, 0.1) is 0 Å². The number of nitrogens with zero attached hydrogens (tertiary/aromatic N) is 3. The van der Waals surface area contributed by atoms with Gasteiger partial charge in [-0.1, -0.05) is 29.3 Å². The number of carbonyl (C=O) groups excluding carboxylic acids is 1. The second kappa shape index (κ2) is 10.3. The Labute approximate surface area is 225 Å². The van der Waals surface area contributed by atoms with Crippen molar-refractivity contribution in [3.63, 3.8) is 0 Å². The lowest BCUT2D eigenvalue weighted by atomic mass is 9.93. The minimum atomic E-state index is -1.36. The summed E-state index contributed by atoms with van der Waals surface area (Å²) in [6.45, 7) is 1.61. The fourth-order valence-corrected chi connectivity index (χ4v) is 6.35. The molecule has 192 valence electrons. The molecule has 0 radical (unpaired) electrons. The van der Waals surface area contributed by atoms with E-state index in [1.807, 2.05) is 25.2 Å². The van der Waals surface area contributed by atoms with Crippen LogP contribution in [0.25, 0.3) is 0 Å². The maximum atomic E-state index is 14.4. The summed E-state index contributed by atoms with van der Waals surface area (Å²) in [5.74, 6) is 0.169. The van der Waals surface area contributed by atoms with E-state index >= 15 is 0 Å². The molecule has 9 heteroatoms. The number of hydrogen-bond donors (Lipinski definition) is 1. The first-order valence-electron chi connectivity index (χ1n) is 12.3. The first kappa shape index (κ1) is 25.5. The average molecular weight is 541 g/mol. The number of benzene rings is 2. The number of anilines is 1. The van der Waals surface area contributed by atoms with Crippen LogP contribution in [0.4, 0.5) is 10.5 Å². The Morgan fingerprint density at radius 2 is 1.76 bits per heavy atom. The van der Waals surface area contributed by atoms with Crippen molar-refractivity contribution >= 4 is 41.0 Å². The first-order valence-corrected chi connectivity index (χ1v) is 13.1. The van der Waals surface area contributed by atoms with Crippen LogP contribution in [0.3, 0.4) is 0 Å². The van der Waals surface area contributed by atoms with Crippen molar-refractivity contribution in [1.82, 2.24) is 4.98 Å². The summed E-state index contributed by atoms with van der Waals surface area (Å²) in [6.07, 6.45) is 5.39. The lowest BCUT2D eigenvalue weighted by Crippen LogP contribution is -2.60. The maximum Gasteiger partial charge on any atom is 0.511 e. The van der Waals surface area contributed by atoms with Gasteiger partial charge in [-0.3, -0.25) is 4.98 Å². The molecule has 0 bridgehead atoms. The van der Waals surface area contributed by atoms with Crippen LogP contribution in [0.2, 0.25) is 10.0 Å². The fourth-order valence-electron chi connectivity index (χ4n) is 5.98. The summed E-state index contributed by atoms with van der Waals surface area (Å²) in [4.78, 5) is 32.1. The summed E-state index contributed by atoms with van der Waals surface area (Å²) < 4.78 is 5.10. The second-order valence-corrected chi connectivity index (χ2v) is 10.6. The van der Waals surface area contributed by atoms with Crippen molar-refractivity contribution in [2.45, 2.75) is 37.8 Å². The van der Waals surface area contributed by atoms with Gasteiger partial charge in [0.05, 0.1) is 23.7 Å². The molecule has 2 aliphatic rings. The number of piperidine rings is 1. The highest BCUT2D eigenvalue weighted by Crippen LogP contribution is 2.46. The zero-order chi connectivity index (χ0) is 26.2. The Morgan fingerprint density at radius 1 is 1.03 bits per heavy atom. The predicted octanol–water partition coefficient (Wildman–Crippen LogP) is 6.39. The highest BCUT2D eigenvalue weighted by atomic mass is 35.5. The molecule has 1 aromatic heterocycles. The summed E-state index contributed by atoms with van der Waals surface area (Å²) in [5, 5.41) is 9.97. The SMILES string of the molecule is C[N+](C(=O)c1cc(Cl)ccc1Cl)(C1CCN(c2ccncc2)CC1)C1CCc2ccc(OC(=O)O)cc21. The summed E-state index contributed by atoms with van der Waals surface area (Å²) >= 11 is 12.8. The number of halogens is 2. The number of aryl methyl sites for hydroxylation is 1. The minimum absolute atomic E-state index is 0.0284. The molecule has 1 saturated heterocycles. The van der Waals surface area contributed by atoms with E-state index in [0.717, 1.165) is 55.6 Å². The van der Waals surface area contributed by atoms with Crippen LogP contribution in [-0.4, -0.2) is 52.8 Å². The van der Waals surface area contributed by atoms with Crippen molar-refractivity contribution in [2.24, 2.45) is 0 Å².